The molecule has 0 bridgehead atoms. The minimum absolute atomic E-state index is 0.169. The zero-order valence-electron chi connectivity index (χ0n) is 8.23. The average molecular weight is 208 g/mol. The topological polar surface area (TPSA) is 64.6 Å². The SMILES string of the molecule is CO[P+](=O)N[C@@H](C)C(=O)OC(C)C. The van der Waals surface area contributed by atoms with Gasteiger partial charge in [0.15, 0.2) is 0 Å². The van der Waals surface area contributed by atoms with E-state index < -0.39 is 20.2 Å². The molecule has 0 rings (SSSR count). The highest BCUT2D eigenvalue weighted by atomic mass is 31.1. The van der Waals surface area contributed by atoms with Gasteiger partial charge in [0.05, 0.1) is 13.2 Å². The van der Waals surface area contributed by atoms with E-state index in [-0.39, 0.29) is 6.10 Å². The highest BCUT2D eigenvalue weighted by Gasteiger charge is 2.26. The molecule has 0 aliphatic heterocycles. The van der Waals surface area contributed by atoms with Gasteiger partial charge in [0.2, 0.25) is 0 Å². The second kappa shape index (κ2) is 6.02. The fraction of sp³-hybridized carbons (Fsp3) is 0.857. The van der Waals surface area contributed by atoms with Crippen molar-refractivity contribution in [2.75, 3.05) is 7.11 Å². The first kappa shape index (κ1) is 12.5. The van der Waals surface area contributed by atoms with Crippen molar-refractivity contribution in [3.05, 3.63) is 0 Å². The van der Waals surface area contributed by atoms with Crippen molar-refractivity contribution in [1.82, 2.24) is 5.09 Å². The smallest absolute Gasteiger partial charge is 0.462 e. The van der Waals surface area contributed by atoms with E-state index >= 15 is 0 Å². The summed E-state index contributed by atoms with van der Waals surface area (Å²) in [6.45, 7) is 5.07. The van der Waals surface area contributed by atoms with E-state index in [0.29, 0.717) is 0 Å². The molecule has 0 saturated heterocycles. The summed E-state index contributed by atoms with van der Waals surface area (Å²) in [6, 6.07) is -0.619. The molecule has 0 aromatic carbocycles. The summed E-state index contributed by atoms with van der Waals surface area (Å²) >= 11 is 0. The van der Waals surface area contributed by atoms with E-state index in [2.05, 4.69) is 9.61 Å². The first-order valence-electron chi connectivity index (χ1n) is 3.95. The zero-order valence-corrected chi connectivity index (χ0v) is 9.13. The molecule has 1 N–H and O–H groups in total. The van der Waals surface area contributed by atoms with Crippen molar-refractivity contribution < 1.29 is 18.6 Å². The number of nitrogens with one attached hydrogen (secondary N) is 1. The Morgan fingerprint density at radius 1 is 1.38 bits per heavy atom. The van der Waals surface area contributed by atoms with Gasteiger partial charge >= 0.3 is 14.1 Å². The molecular weight excluding hydrogens is 193 g/mol. The van der Waals surface area contributed by atoms with Crippen LogP contribution in [0.4, 0.5) is 0 Å². The molecule has 0 aliphatic carbocycles. The molecule has 0 heterocycles. The zero-order chi connectivity index (χ0) is 10.4. The van der Waals surface area contributed by atoms with Crippen LogP contribution in [0.25, 0.3) is 0 Å². The quantitative estimate of drug-likeness (QED) is 0.543. The first-order chi connectivity index (χ1) is 5.97. The lowest BCUT2D eigenvalue weighted by Crippen LogP contribution is -2.32. The van der Waals surface area contributed by atoms with Crippen LogP contribution in [0.1, 0.15) is 20.8 Å². The second-order valence-electron chi connectivity index (χ2n) is 2.78. The Morgan fingerprint density at radius 2 is 1.92 bits per heavy atom. The third-order valence-electron chi connectivity index (χ3n) is 1.17. The van der Waals surface area contributed by atoms with Crippen LogP contribution in [0.3, 0.4) is 0 Å². The average Bonchev–Trinajstić information content (AvgIpc) is 2.02. The molecule has 0 aliphatic rings. The van der Waals surface area contributed by atoms with Gasteiger partial charge in [-0.2, -0.15) is 0 Å². The largest absolute Gasteiger partial charge is 0.613 e. The van der Waals surface area contributed by atoms with Crippen LogP contribution in [-0.4, -0.2) is 25.2 Å². The normalized spacial score (nSPS) is 14.1. The molecule has 2 atom stereocenters. The predicted molar refractivity (Wildman–Crippen MR) is 48.4 cm³/mol. The van der Waals surface area contributed by atoms with Gasteiger partial charge in [-0.05, 0) is 25.3 Å². The van der Waals surface area contributed by atoms with Crippen molar-refractivity contribution >= 4 is 14.1 Å². The molecule has 0 amide bonds. The van der Waals surface area contributed by atoms with Gasteiger partial charge in [-0.15, -0.1) is 4.52 Å². The molecule has 0 radical (unpaired) electrons. The van der Waals surface area contributed by atoms with Crippen molar-refractivity contribution in [3.63, 3.8) is 0 Å². The number of carbonyl (C=O) groups is 1. The summed E-state index contributed by atoms with van der Waals surface area (Å²) in [4.78, 5) is 11.1. The van der Waals surface area contributed by atoms with Gasteiger partial charge in [-0.25, -0.2) is 0 Å². The summed E-state index contributed by atoms with van der Waals surface area (Å²) in [7, 11) is -0.678. The van der Waals surface area contributed by atoms with Crippen LogP contribution in [0.15, 0.2) is 0 Å². The summed E-state index contributed by atoms with van der Waals surface area (Å²) < 4.78 is 20.2. The maximum Gasteiger partial charge on any atom is 0.613 e. The molecule has 0 saturated carbocycles. The van der Waals surface area contributed by atoms with Crippen LogP contribution in [0.2, 0.25) is 0 Å². The Labute approximate surface area is 78.7 Å². The molecule has 1 unspecified atom stereocenters. The van der Waals surface area contributed by atoms with Gasteiger partial charge in [0.1, 0.15) is 6.04 Å². The van der Waals surface area contributed by atoms with E-state index in [1.165, 1.54) is 7.11 Å². The third-order valence-corrected chi connectivity index (χ3v) is 2.10. The van der Waals surface area contributed by atoms with Crippen LogP contribution in [0.5, 0.6) is 0 Å². The standard InChI is InChI=1S/C7H15NO4P/c1-5(2)12-7(9)6(3)8-13(10)11-4/h5-6H,1-4H3,(H,8,10)/q+1/t6-/m0/s1. The Bertz CT molecular complexity index is 195. The Balaban J connectivity index is 3.89. The van der Waals surface area contributed by atoms with Gasteiger partial charge in [0, 0.05) is 0 Å². The molecular formula is C7H15NO4P+. The summed E-state index contributed by atoms with van der Waals surface area (Å²) in [5, 5.41) is 2.45. The van der Waals surface area contributed by atoms with E-state index in [1.807, 2.05) is 0 Å². The number of esters is 1. The first-order valence-corrected chi connectivity index (χ1v) is 5.13. The molecule has 6 heteroatoms. The minimum atomic E-state index is -1.98. The molecule has 13 heavy (non-hydrogen) atoms. The molecule has 0 aromatic heterocycles. The maximum absolute atomic E-state index is 11.1. The van der Waals surface area contributed by atoms with E-state index in [0.717, 1.165) is 0 Å². The van der Waals surface area contributed by atoms with E-state index in [9.17, 15) is 9.36 Å². The van der Waals surface area contributed by atoms with Crippen LogP contribution < -0.4 is 5.09 Å². The molecule has 76 valence electrons. The van der Waals surface area contributed by atoms with Crippen LogP contribution >= 0.6 is 8.18 Å². The maximum atomic E-state index is 11.1. The van der Waals surface area contributed by atoms with E-state index in [1.54, 1.807) is 20.8 Å². The van der Waals surface area contributed by atoms with Crippen molar-refractivity contribution in [2.24, 2.45) is 0 Å². The molecule has 0 spiro atoms. The number of carbonyl (C=O) groups excluding carboxylic acids is 1. The van der Waals surface area contributed by atoms with Crippen molar-refractivity contribution in [3.8, 4) is 0 Å². The summed E-state index contributed by atoms with van der Waals surface area (Å²) in [5.74, 6) is -0.435. The fourth-order valence-corrected chi connectivity index (χ4v) is 1.12. The highest BCUT2D eigenvalue weighted by molar-refractivity contribution is 7.36. The van der Waals surface area contributed by atoms with Crippen LogP contribution in [-0.2, 0) is 18.6 Å². The van der Waals surface area contributed by atoms with E-state index in [4.69, 9.17) is 4.74 Å². The summed E-state index contributed by atoms with van der Waals surface area (Å²) in [5.41, 5.74) is 0. The number of hydrogen-bond donors (Lipinski definition) is 1. The molecule has 5 nitrogen and oxygen atoms in total. The molecule has 0 fully saturated rings. The number of hydrogen-bond acceptors (Lipinski definition) is 4. The Kier molecular flexibility index (Phi) is 5.79. The number of rotatable bonds is 5. The highest BCUT2D eigenvalue weighted by Crippen LogP contribution is 2.15. The predicted octanol–water partition coefficient (Wildman–Crippen LogP) is 1.22. The monoisotopic (exact) mass is 208 g/mol. The summed E-state index contributed by atoms with van der Waals surface area (Å²) in [6.07, 6.45) is -0.169. The van der Waals surface area contributed by atoms with Crippen molar-refractivity contribution in [2.45, 2.75) is 32.9 Å². The lowest BCUT2D eigenvalue weighted by molar-refractivity contribution is -0.148. The van der Waals surface area contributed by atoms with Gasteiger partial charge in [-0.1, -0.05) is 5.09 Å². The van der Waals surface area contributed by atoms with Crippen LogP contribution in [0, 0.1) is 0 Å². The molecule has 0 aromatic rings. The second-order valence-corrected chi connectivity index (χ2v) is 3.91. The minimum Gasteiger partial charge on any atom is -0.462 e. The van der Waals surface area contributed by atoms with Crippen molar-refractivity contribution in [1.29, 1.82) is 0 Å². The Morgan fingerprint density at radius 3 is 2.31 bits per heavy atom. The van der Waals surface area contributed by atoms with Gasteiger partial charge in [0.25, 0.3) is 0 Å². The fourth-order valence-electron chi connectivity index (χ4n) is 0.598. The van der Waals surface area contributed by atoms with Gasteiger partial charge < -0.3 is 4.74 Å². The Hall–Kier alpha value is -0.510. The number of ether oxygens (including phenoxy) is 1. The third kappa shape index (κ3) is 5.69. The lowest BCUT2D eigenvalue weighted by Gasteiger charge is -2.09. The van der Waals surface area contributed by atoms with Gasteiger partial charge in [-0.3, -0.25) is 4.79 Å². The lowest BCUT2D eigenvalue weighted by atomic mass is 10.4.